The molecule has 3 heteroatoms. The van der Waals surface area contributed by atoms with Crippen LogP contribution in [-0.2, 0) is 0 Å². The van der Waals surface area contributed by atoms with E-state index in [9.17, 15) is 0 Å². The highest BCUT2D eigenvalue weighted by Crippen LogP contribution is 2.37. The smallest absolute Gasteiger partial charge is 0.164 e. The highest BCUT2D eigenvalue weighted by Gasteiger charge is 2.16. The molecule has 54 heavy (non-hydrogen) atoms. The van der Waals surface area contributed by atoms with Gasteiger partial charge in [-0.25, -0.2) is 15.0 Å². The van der Waals surface area contributed by atoms with Gasteiger partial charge in [-0.15, -0.1) is 0 Å². The van der Waals surface area contributed by atoms with Crippen LogP contribution >= 0.6 is 0 Å². The third kappa shape index (κ3) is 5.98. The number of hydrogen-bond donors (Lipinski definition) is 0. The van der Waals surface area contributed by atoms with Crippen LogP contribution < -0.4 is 0 Å². The van der Waals surface area contributed by atoms with Crippen molar-refractivity contribution < 1.29 is 0 Å². The number of nitrogens with zero attached hydrogens (tertiary/aromatic N) is 3. The zero-order valence-corrected chi connectivity index (χ0v) is 29.4. The first-order valence-corrected chi connectivity index (χ1v) is 18.3. The van der Waals surface area contributed by atoms with Crippen LogP contribution in [0.5, 0.6) is 0 Å². The Bertz CT molecular complexity index is 2990. The number of fused-ring (bicyclic) bond motifs is 3. The lowest BCUT2D eigenvalue weighted by atomic mass is 9.93. The number of aromatic nitrogens is 3. The van der Waals surface area contributed by atoms with Gasteiger partial charge in [0.2, 0.25) is 0 Å². The molecule has 0 N–H and O–H groups in total. The van der Waals surface area contributed by atoms with Gasteiger partial charge >= 0.3 is 0 Å². The summed E-state index contributed by atoms with van der Waals surface area (Å²) < 4.78 is 0. The quantitative estimate of drug-likeness (QED) is 0.175. The molecule has 0 saturated carbocycles. The van der Waals surface area contributed by atoms with Crippen molar-refractivity contribution in [2.24, 2.45) is 0 Å². The summed E-state index contributed by atoms with van der Waals surface area (Å²) in [6, 6.07) is 70.8. The first kappa shape index (κ1) is 31.5. The van der Waals surface area contributed by atoms with Gasteiger partial charge in [-0.3, -0.25) is 0 Å². The summed E-state index contributed by atoms with van der Waals surface area (Å²) >= 11 is 0. The van der Waals surface area contributed by atoms with E-state index >= 15 is 0 Å². The molecule has 1 heterocycles. The van der Waals surface area contributed by atoms with Gasteiger partial charge in [0.05, 0.1) is 0 Å². The molecule has 0 unspecified atom stereocenters. The predicted molar refractivity (Wildman–Crippen MR) is 225 cm³/mol. The normalized spacial score (nSPS) is 11.3. The summed E-state index contributed by atoms with van der Waals surface area (Å²) in [5.41, 5.74) is 9.87. The number of benzene rings is 9. The predicted octanol–water partition coefficient (Wildman–Crippen LogP) is 13.3. The summed E-state index contributed by atoms with van der Waals surface area (Å²) in [5, 5.41) is 7.10. The Morgan fingerprint density at radius 2 is 0.667 bits per heavy atom. The van der Waals surface area contributed by atoms with E-state index in [0.717, 1.165) is 38.6 Å². The fraction of sp³-hybridized carbons (Fsp3) is 0. The Morgan fingerprint density at radius 3 is 1.39 bits per heavy atom. The van der Waals surface area contributed by atoms with Gasteiger partial charge in [0.1, 0.15) is 0 Å². The van der Waals surface area contributed by atoms with Gasteiger partial charge in [-0.2, -0.15) is 0 Å². The lowest BCUT2D eigenvalue weighted by Gasteiger charge is -2.13. The molecule has 0 aliphatic carbocycles. The largest absolute Gasteiger partial charge is 0.208 e. The fourth-order valence-electron chi connectivity index (χ4n) is 7.46. The van der Waals surface area contributed by atoms with Crippen molar-refractivity contribution in [3.63, 3.8) is 0 Å². The molecule has 1 aromatic heterocycles. The molecular weight excluding hydrogens is 655 g/mol. The number of rotatable bonds is 6. The van der Waals surface area contributed by atoms with E-state index in [0.29, 0.717) is 17.5 Å². The summed E-state index contributed by atoms with van der Waals surface area (Å²) in [5.74, 6) is 1.92. The van der Waals surface area contributed by atoms with Crippen LogP contribution in [0.15, 0.2) is 200 Å². The lowest BCUT2D eigenvalue weighted by Crippen LogP contribution is -2.00. The minimum absolute atomic E-state index is 0.636. The second kappa shape index (κ2) is 13.4. The highest BCUT2D eigenvalue weighted by atomic mass is 15.0. The summed E-state index contributed by atoms with van der Waals surface area (Å²) in [4.78, 5) is 15.4. The molecule has 10 rings (SSSR count). The minimum atomic E-state index is 0.636. The van der Waals surface area contributed by atoms with Gasteiger partial charge < -0.3 is 0 Å². The SMILES string of the molecule is c1ccc(-c2cccc(-c3cc(-c4nc(-c5ccccc5)nc(-c5ccc6cc(-c7ccc8ccccc8c7)ccc6c5)n4)cc4ccccc34)c2)cc1. The van der Waals surface area contributed by atoms with Crippen LogP contribution in [0.1, 0.15) is 0 Å². The second-order valence-electron chi connectivity index (χ2n) is 13.7. The van der Waals surface area contributed by atoms with E-state index in [1.54, 1.807) is 0 Å². The molecule has 0 aliphatic rings. The van der Waals surface area contributed by atoms with Crippen LogP contribution in [0.3, 0.4) is 0 Å². The Morgan fingerprint density at radius 1 is 0.222 bits per heavy atom. The first-order chi connectivity index (χ1) is 26.7. The monoisotopic (exact) mass is 687 g/mol. The Hall–Kier alpha value is -7.23. The van der Waals surface area contributed by atoms with E-state index in [-0.39, 0.29) is 0 Å². The van der Waals surface area contributed by atoms with E-state index in [2.05, 4.69) is 182 Å². The molecule has 0 radical (unpaired) electrons. The van der Waals surface area contributed by atoms with Crippen LogP contribution in [0, 0.1) is 0 Å². The molecular formula is C51H33N3. The zero-order chi connectivity index (χ0) is 35.8. The van der Waals surface area contributed by atoms with Gasteiger partial charge in [-0.1, -0.05) is 164 Å². The maximum atomic E-state index is 5.18. The number of hydrogen-bond acceptors (Lipinski definition) is 3. The zero-order valence-electron chi connectivity index (χ0n) is 29.4. The molecule has 0 spiro atoms. The topological polar surface area (TPSA) is 38.7 Å². The Labute approximate surface area is 313 Å². The minimum Gasteiger partial charge on any atom is -0.208 e. The fourth-order valence-corrected chi connectivity index (χ4v) is 7.46. The van der Waals surface area contributed by atoms with Crippen LogP contribution in [-0.4, -0.2) is 15.0 Å². The molecule has 0 amide bonds. The van der Waals surface area contributed by atoms with Crippen LogP contribution in [0.4, 0.5) is 0 Å². The van der Waals surface area contributed by atoms with Gasteiger partial charge in [0.25, 0.3) is 0 Å². The molecule has 0 bridgehead atoms. The van der Waals surface area contributed by atoms with E-state index in [4.69, 9.17) is 15.0 Å². The van der Waals surface area contributed by atoms with Gasteiger partial charge in [-0.05, 0) is 102 Å². The van der Waals surface area contributed by atoms with Crippen molar-refractivity contribution in [1.29, 1.82) is 0 Å². The van der Waals surface area contributed by atoms with Crippen molar-refractivity contribution in [3.05, 3.63) is 200 Å². The second-order valence-corrected chi connectivity index (χ2v) is 13.7. The third-order valence-electron chi connectivity index (χ3n) is 10.2. The van der Waals surface area contributed by atoms with Crippen molar-refractivity contribution in [3.8, 4) is 67.5 Å². The molecule has 3 nitrogen and oxygen atoms in total. The van der Waals surface area contributed by atoms with Crippen LogP contribution in [0.2, 0.25) is 0 Å². The first-order valence-electron chi connectivity index (χ1n) is 18.3. The summed E-state index contributed by atoms with van der Waals surface area (Å²) in [6.07, 6.45) is 0. The highest BCUT2D eigenvalue weighted by molar-refractivity contribution is 6.00. The maximum absolute atomic E-state index is 5.18. The molecule has 0 fully saturated rings. The lowest BCUT2D eigenvalue weighted by molar-refractivity contribution is 1.08. The standard InChI is InChI=1S/C51H33N3/c1-3-12-34(13-4-1)38-19-11-20-44(30-38)48-33-46(32-43-18-9-10-21-47(43)48)51-53-49(36-15-5-2-6-16-36)52-50(54-51)45-27-26-41-29-40(24-25-42(41)31-45)39-23-22-35-14-7-8-17-37(35)28-39/h1-33H. The molecule has 0 saturated heterocycles. The summed E-state index contributed by atoms with van der Waals surface area (Å²) in [7, 11) is 0. The average Bonchev–Trinajstić information content (AvgIpc) is 3.26. The maximum Gasteiger partial charge on any atom is 0.164 e. The molecule has 0 aliphatic heterocycles. The van der Waals surface area contributed by atoms with Crippen molar-refractivity contribution in [1.82, 2.24) is 15.0 Å². The molecule has 0 atom stereocenters. The van der Waals surface area contributed by atoms with Crippen molar-refractivity contribution >= 4 is 32.3 Å². The van der Waals surface area contributed by atoms with E-state index < -0.39 is 0 Å². The average molecular weight is 688 g/mol. The Balaban J connectivity index is 1.09. The van der Waals surface area contributed by atoms with Crippen molar-refractivity contribution in [2.75, 3.05) is 0 Å². The molecule has 10 aromatic rings. The van der Waals surface area contributed by atoms with Crippen LogP contribution in [0.25, 0.3) is 99.9 Å². The molecule has 9 aromatic carbocycles. The van der Waals surface area contributed by atoms with E-state index in [1.165, 1.54) is 43.8 Å². The Kier molecular flexibility index (Phi) is 7.81. The van der Waals surface area contributed by atoms with Gasteiger partial charge in [0.15, 0.2) is 17.5 Å². The van der Waals surface area contributed by atoms with E-state index in [1.807, 2.05) is 18.2 Å². The van der Waals surface area contributed by atoms with Crippen molar-refractivity contribution in [2.45, 2.75) is 0 Å². The summed E-state index contributed by atoms with van der Waals surface area (Å²) in [6.45, 7) is 0. The molecule has 252 valence electrons. The van der Waals surface area contributed by atoms with Gasteiger partial charge in [0, 0.05) is 16.7 Å². The third-order valence-corrected chi connectivity index (χ3v) is 10.2.